The van der Waals surface area contributed by atoms with Crippen molar-refractivity contribution in [3.63, 3.8) is 0 Å². The van der Waals surface area contributed by atoms with Gasteiger partial charge in [0.05, 0.1) is 17.1 Å². The summed E-state index contributed by atoms with van der Waals surface area (Å²) in [5.41, 5.74) is 43.3. The summed E-state index contributed by atoms with van der Waals surface area (Å²) in [5.74, 6) is 1.80. The number of benzene rings is 14. The number of allylic oxidation sites excluding steroid dienone is 12. The van der Waals surface area contributed by atoms with E-state index in [2.05, 4.69) is 426 Å². The number of anilines is 9. The summed E-state index contributed by atoms with van der Waals surface area (Å²) in [6.45, 7) is 14.2. The third-order valence-corrected chi connectivity index (χ3v) is 28.7. The minimum absolute atomic E-state index is 0.0108. The van der Waals surface area contributed by atoms with Gasteiger partial charge in [-0.05, 0) is 250 Å². The van der Waals surface area contributed by atoms with E-state index in [1.54, 1.807) is 0 Å². The molecule has 8 aliphatic rings. The van der Waals surface area contributed by atoms with Gasteiger partial charge in [-0.3, -0.25) is 0 Å². The molecule has 0 radical (unpaired) electrons. The van der Waals surface area contributed by atoms with E-state index in [0.717, 1.165) is 40.5 Å². The largest absolute Gasteiger partial charge is 0.310 e. The maximum atomic E-state index is 2.82. The molecular weight excluding hydrogens is 1490 g/mol. The second-order valence-corrected chi connectivity index (χ2v) is 38.3. The molecule has 124 heavy (non-hydrogen) atoms. The van der Waals surface area contributed by atoms with Crippen LogP contribution in [0.3, 0.4) is 0 Å². The Bertz CT molecular complexity index is 6400. The third kappa shape index (κ3) is 13.9. The minimum atomic E-state index is -0.311. The summed E-state index contributed by atoms with van der Waals surface area (Å²) in [7, 11) is 0. The summed E-state index contributed by atoms with van der Waals surface area (Å²) in [5, 5.41) is 0. The Morgan fingerprint density at radius 2 is 0.702 bits per heavy atom. The van der Waals surface area contributed by atoms with Gasteiger partial charge in [0.15, 0.2) is 0 Å². The minimum Gasteiger partial charge on any atom is -0.310 e. The van der Waals surface area contributed by atoms with Gasteiger partial charge in [0.25, 0.3) is 6.71 Å². The fraction of sp³-hybridized carbons (Fsp3) is 0.200. The predicted molar refractivity (Wildman–Crippen MR) is 527 cm³/mol. The van der Waals surface area contributed by atoms with Crippen molar-refractivity contribution in [2.24, 2.45) is 28.6 Å². The number of hydrogen-bond acceptors (Lipinski definition) is 3. The molecule has 2 aliphatic heterocycles. The van der Waals surface area contributed by atoms with Crippen LogP contribution in [0.2, 0.25) is 0 Å². The molecule has 2 fully saturated rings. The molecule has 2 saturated carbocycles. The smallest absolute Gasteiger partial charge is 0.252 e. The summed E-state index contributed by atoms with van der Waals surface area (Å²) in [6, 6.07) is 129. The van der Waals surface area contributed by atoms with Crippen molar-refractivity contribution in [3.05, 3.63) is 415 Å². The Morgan fingerprint density at radius 3 is 1.11 bits per heavy atom. The summed E-state index contributed by atoms with van der Waals surface area (Å²) in [4.78, 5) is 8.18. The first-order valence-electron chi connectivity index (χ1n) is 45.9. The lowest BCUT2D eigenvalue weighted by Gasteiger charge is -2.48. The van der Waals surface area contributed by atoms with Crippen LogP contribution in [-0.2, 0) is 0 Å². The molecule has 0 N–H and O–H groups in total. The molecule has 22 rings (SSSR count). The number of hydrogen-bond donors (Lipinski definition) is 0. The normalized spacial score (nSPS) is 17.8. The number of fused-ring (bicyclic) bond motifs is 4. The summed E-state index contributed by atoms with van der Waals surface area (Å²) < 4.78 is 0. The first-order chi connectivity index (χ1) is 60.8. The molecule has 0 spiro atoms. The Kier molecular flexibility index (Phi) is 19.7. The first kappa shape index (κ1) is 77.1. The van der Waals surface area contributed by atoms with Crippen LogP contribution in [0.25, 0.3) is 83.5 Å². The van der Waals surface area contributed by atoms with E-state index >= 15 is 0 Å². The molecular formula is C120H106BN3. The van der Waals surface area contributed by atoms with Crippen LogP contribution in [0.15, 0.2) is 398 Å². The zero-order valence-electron chi connectivity index (χ0n) is 72.3. The third-order valence-electron chi connectivity index (χ3n) is 28.7. The van der Waals surface area contributed by atoms with Gasteiger partial charge in [0.2, 0.25) is 0 Å². The summed E-state index contributed by atoms with van der Waals surface area (Å²) >= 11 is 0. The average molecular weight is 1600 g/mol. The van der Waals surface area contributed by atoms with E-state index in [9.17, 15) is 0 Å². The van der Waals surface area contributed by atoms with Gasteiger partial charge in [0.1, 0.15) is 0 Å². The Morgan fingerprint density at radius 1 is 0.323 bits per heavy atom. The van der Waals surface area contributed by atoms with Crippen molar-refractivity contribution in [1.29, 1.82) is 0 Å². The van der Waals surface area contributed by atoms with Crippen molar-refractivity contribution in [2.45, 2.75) is 124 Å². The van der Waals surface area contributed by atoms with E-state index in [0.29, 0.717) is 23.7 Å². The highest BCUT2D eigenvalue weighted by atomic mass is 15.2. The van der Waals surface area contributed by atoms with Crippen molar-refractivity contribution < 1.29 is 0 Å². The molecule has 6 aliphatic carbocycles. The Balaban J connectivity index is 0.915. The average Bonchev–Trinajstić information content (AvgIpc) is 0.679. The van der Waals surface area contributed by atoms with Crippen molar-refractivity contribution in [2.75, 3.05) is 14.7 Å². The fourth-order valence-corrected chi connectivity index (χ4v) is 22.4. The molecule has 3 nitrogen and oxygen atoms in total. The monoisotopic (exact) mass is 1600 g/mol. The molecule has 0 amide bonds. The molecule has 0 saturated heterocycles. The zero-order chi connectivity index (χ0) is 83.3. The van der Waals surface area contributed by atoms with Gasteiger partial charge in [-0.25, -0.2) is 0 Å². The quantitative estimate of drug-likeness (QED) is 0.0947. The number of nitrogens with zero attached hydrogens (tertiary/aromatic N) is 3. The SMILES string of the molecule is CC(C)(C)C1=CC2=C(c3ccc4c(c3)B3c5cc(-c6ccccc6)ccc5N(c5c(-c6ccccc6)cc(C6CCCCC6)cc5-c5ccccc5)c5cc(N(c6ccc(-c7ccccc7)cc6)c6ccc(-c7ccccc7)cc6)cc(c53)N4c3c(-c4ccccc4)cc(C4CCCCC4)cc3-c3ccccc3)C=C3C=C(C(C)(C)C)CC4C=CC(=C1)C2C34. The highest BCUT2D eigenvalue weighted by Gasteiger charge is 2.49. The second-order valence-electron chi connectivity index (χ2n) is 38.3. The Hall–Kier alpha value is -13.0. The van der Waals surface area contributed by atoms with Gasteiger partial charge >= 0.3 is 0 Å². The molecule has 604 valence electrons. The van der Waals surface area contributed by atoms with Crippen molar-refractivity contribution in [3.8, 4) is 77.9 Å². The van der Waals surface area contributed by atoms with Gasteiger partial charge in [-0.15, -0.1) is 0 Å². The highest BCUT2D eigenvalue weighted by molar-refractivity contribution is 7.00. The maximum Gasteiger partial charge on any atom is 0.252 e. The topological polar surface area (TPSA) is 9.72 Å². The summed E-state index contributed by atoms with van der Waals surface area (Å²) in [6.07, 6.45) is 28.9. The maximum absolute atomic E-state index is 2.82. The van der Waals surface area contributed by atoms with Crippen LogP contribution in [0, 0.1) is 28.6 Å². The lowest BCUT2D eigenvalue weighted by Crippen LogP contribution is -2.61. The Labute approximate surface area is 734 Å². The van der Waals surface area contributed by atoms with Gasteiger partial charge < -0.3 is 14.7 Å². The first-order valence-corrected chi connectivity index (χ1v) is 45.9. The molecule has 4 heteroatoms. The zero-order valence-corrected chi connectivity index (χ0v) is 72.3. The van der Waals surface area contributed by atoms with Gasteiger partial charge in [-0.1, -0.05) is 383 Å². The van der Waals surface area contributed by atoms with Crippen LogP contribution < -0.4 is 31.1 Å². The van der Waals surface area contributed by atoms with E-state index in [-0.39, 0.29) is 23.5 Å². The fourth-order valence-electron chi connectivity index (χ4n) is 22.4. The van der Waals surface area contributed by atoms with Crippen LogP contribution in [0.5, 0.6) is 0 Å². The predicted octanol–water partition coefficient (Wildman–Crippen LogP) is 31.4. The van der Waals surface area contributed by atoms with Crippen LogP contribution in [0.1, 0.15) is 141 Å². The van der Waals surface area contributed by atoms with Crippen molar-refractivity contribution >= 4 is 79.9 Å². The van der Waals surface area contributed by atoms with E-state index in [1.807, 2.05) is 0 Å². The second kappa shape index (κ2) is 31.7. The highest BCUT2D eigenvalue weighted by Crippen LogP contribution is 2.60. The number of rotatable bonds is 15. The van der Waals surface area contributed by atoms with Gasteiger partial charge in [0, 0.05) is 68.2 Å². The standard InChI is InChI=1S/C120H106BN3/c1-119(2,3)97-66-92-52-53-93-67-98(120(4,5)6)76-107-102(73-96(68-97)114(92)115(93)107)91-59-65-111-109(75-91)121-108-74-90(81-38-20-9-21-39-81)58-64-110(108)123(117-103(86-44-26-12-27-45-86)69-94(82-40-22-10-23-41-82)70-104(117)87-46-28-13-29-47-87)112-77-101(122(99-60-54-84(55-61-99)79-34-16-7-17-35-79)100-62-56-85(57-63-100)80-36-18-8-19-37-80)78-113(116(112)121)124(111)118-105(88-48-30-14-31-49-88)71-95(83-42-24-11-25-43-83)72-106(118)89-50-32-15-33-51-89/h7-9,12-21,26-39,44-65,67-78,82-83,92,114-115H,10-11,22-25,40-43,66H2,1-6H3. The van der Waals surface area contributed by atoms with E-state index < -0.39 is 0 Å². The molecule has 3 unspecified atom stereocenters. The van der Waals surface area contributed by atoms with E-state index in [1.165, 1.54) is 226 Å². The van der Waals surface area contributed by atoms with E-state index in [4.69, 9.17) is 0 Å². The molecule has 2 heterocycles. The van der Waals surface area contributed by atoms with Crippen LogP contribution >= 0.6 is 0 Å². The molecule has 0 bridgehead atoms. The van der Waals surface area contributed by atoms with Crippen LogP contribution in [0.4, 0.5) is 51.2 Å². The van der Waals surface area contributed by atoms with Gasteiger partial charge in [-0.2, -0.15) is 0 Å². The lowest BCUT2D eigenvalue weighted by molar-refractivity contribution is 0.328. The molecule has 3 atom stereocenters. The van der Waals surface area contributed by atoms with Crippen LogP contribution in [-0.4, -0.2) is 6.71 Å². The van der Waals surface area contributed by atoms with Crippen molar-refractivity contribution in [1.82, 2.24) is 0 Å². The lowest BCUT2D eigenvalue weighted by atomic mass is 9.33. The molecule has 0 aromatic heterocycles. The molecule has 14 aromatic rings. The molecule has 14 aromatic carbocycles.